The lowest BCUT2D eigenvalue weighted by Crippen LogP contribution is -2.64. The Hall–Kier alpha value is -0.810. The highest BCUT2D eigenvalue weighted by Crippen LogP contribution is 2.00. The van der Waals surface area contributed by atoms with Gasteiger partial charge in [0.1, 0.15) is 6.04 Å². The van der Waals surface area contributed by atoms with E-state index in [1.807, 2.05) is 13.8 Å². The van der Waals surface area contributed by atoms with Gasteiger partial charge in [-0.25, -0.2) is 4.79 Å². The van der Waals surface area contributed by atoms with Gasteiger partial charge < -0.3 is 20.3 Å². The second-order valence-electron chi connectivity index (χ2n) is 4.87. The van der Waals surface area contributed by atoms with Crippen LogP contribution < -0.4 is 5.73 Å². The second kappa shape index (κ2) is 9.16. The SMILES string of the molecule is CCN(CC)CCCN(C)C(=O)OC(C)C(C)[NH3+]. The molecule has 0 aromatic carbocycles. The molecule has 0 aromatic rings. The largest absolute Gasteiger partial charge is 0.440 e. The Bertz CT molecular complexity index is 230. The highest BCUT2D eigenvalue weighted by molar-refractivity contribution is 5.67. The Morgan fingerprint density at radius 2 is 1.78 bits per heavy atom. The Morgan fingerprint density at radius 3 is 2.22 bits per heavy atom. The van der Waals surface area contributed by atoms with Crippen LogP contribution in [-0.4, -0.2) is 61.3 Å². The van der Waals surface area contributed by atoms with Crippen LogP contribution in [0, 0.1) is 0 Å². The molecule has 0 fully saturated rings. The molecule has 0 rings (SSSR count). The predicted molar refractivity (Wildman–Crippen MR) is 73.3 cm³/mol. The van der Waals surface area contributed by atoms with Crippen molar-refractivity contribution in [2.75, 3.05) is 33.2 Å². The van der Waals surface area contributed by atoms with Crippen molar-refractivity contribution in [2.24, 2.45) is 0 Å². The van der Waals surface area contributed by atoms with E-state index in [4.69, 9.17) is 4.74 Å². The van der Waals surface area contributed by atoms with Crippen LogP contribution in [0.1, 0.15) is 34.1 Å². The number of hydrogen-bond donors (Lipinski definition) is 1. The maximum atomic E-state index is 11.7. The van der Waals surface area contributed by atoms with Gasteiger partial charge in [0.2, 0.25) is 0 Å². The first kappa shape index (κ1) is 17.2. The van der Waals surface area contributed by atoms with E-state index in [-0.39, 0.29) is 18.2 Å². The molecule has 18 heavy (non-hydrogen) atoms. The van der Waals surface area contributed by atoms with E-state index in [0.29, 0.717) is 0 Å². The number of quaternary nitrogens is 1. The quantitative estimate of drug-likeness (QED) is 0.702. The van der Waals surface area contributed by atoms with Gasteiger partial charge >= 0.3 is 6.09 Å². The summed E-state index contributed by atoms with van der Waals surface area (Å²) < 4.78 is 5.29. The maximum absolute atomic E-state index is 11.7. The van der Waals surface area contributed by atoms with Gasteiger partial charge in [-0.3, -0.25) is 0 Å². The summed E-state index contributed by atoms with van der Waals surface area (Å²) in [6.07, 6.45) is 0.585. The molecule has 5 heteroatoms. The third kappa shape index (κ3) is 6.81. The zero-order valence-corrected chi connectivity index (χ0v) is 12.6. The molecule has 0 saturated carbocycles. The molecular weight excluding hydrogens is 230 g/mol. The zero-order valence-electron chi connectivity index (χ0n) is 12.6. The normalized spacial score (nSPS) is 14.4. The first-order valence-corrected chi connectivity index (χ1v) is 6.89. The van der Waals surface area contributed by atoms with Gasteiger partial charge in [0, 0.05) is 13.6 Å². The summed E-state index contributed by atoms with van der Waals surface area (Å²) in [5, 5.41) is 0. The van der Waals surface area contributed by atoms with Crippen molar-refractivity contribution in [3.8, 4) is 0 Å². The first-order chi connectivity index (χ1) is 8.42. The predicted octanol–water partition coefficient (Wildman–Crippen LogP) is 0.806. The molecule has 0 bridgehead atoms. The fraction of sp³-hybridized carbons (Fsp3) is 0.923. The summed E-state index contributed by atoms with van der Waals surface area (Å²) in [5.41, 5.74) is 3.86. The van der Waals surface area contributed by atoms with Crippen LogP contribution in [-0.2, 0) is 4.74 Å². The number of amides is 1. The van der Waals surface area contributed by atoms with Gasteiger partial charge in [0.05, 0.1) is 0 Å². The van der Waals surface area contributed by atoms with Crippen LogP contribution in [0.2, 0.25) is 0 Å². The number of nitrogens with zero attached hydrogens (tertiary/aromatic N) is 2. The van der Waals surface area contributed by atoms with Crippen molar-refractivity contribution in [2.45, 2.75) is 46.3 Å². The van der Waals surface area contributed by atoms with E-state index in [1.165, 1.54) is 0 Å². The van der Waals surface area contributed by atoms with Crippen LogP contribution >= 0.6 is 0 Å². The van der Waals surface area contributed by atoms with Gasteiger partial charge in [0.25, 0.3) is 0 Å². The number of rotatable bonds is 8. The summed E-state index contributed by atoms with van der Waals surface area (Å²) >= 11 is 0. The fourth-order valence-electron chi connectivity index (χ4n) is 1.53. The molecule has 2 atom stereocenters. The first-order valence-electron chi connectivity index (χ1n) is 6.89. The Balaban J connectivity index is 3.87. The van der Waals surface area contributed by atoms with Gasteiger partial charge in [0.15, 0.2) is 6.10 Å². The number of carbonyl (C=O) groups excluding carboxylic acids is 1. The minimum atomic E-state index is -0.252. The smallest absolute Gasteiger partial charge is 0.409 e. The maximum Gasteiger partial charge on any atom is 0.409 e. The molecule has 3 N–H and O–H groups in total. The van der Waals surface area contributed by atoms with Crippen molar-refractivity contribution in [1.29, 1.82) is 0 Å². The van der Waals surface area contributed by atoms with Crippen molar-refractivity contribution in [3.05, 3.63) is 0 Å². The Labute approximate surface area is 111 Å². The van der Waals surface area contributed by atoms with Gasteiger partial charge in [-0.2, -0.15) is 0 Å². The average molecular weight is 260 g/mol. The van der Waals surface area contributed by atoms with Crippen LogP contribution in [0.15, 0.2) is 0 Å². The molecule has 2 unspecified atom stereocenters. The van der Waals surface area contributed by atoms with E-state index >= 15 is 0 Å². The molecule has 0 aromatic heterocycles. The monoisotopic (exact) mass is 260 g/mol. The Morgan fingerprint density at radius 1 is 1.22 bits per heavy atom. The van der Waals surface area contributed by atoms with E-state index in [0.717, 1.165) is 32.6 Å². The lowest BCUT2D eigenvalue weighted by molar-refractivity contribution is -0.429. The summed E-state index contributed by atoms with van der Waals surface area (Å²) in [4.78, 5) is 15.7. The van der Waals surface area contributed by atoms with Crippen molar-refractivity contribution in [3.63, 3.8) is 0 Å². The molecule has 1 amide bonds. The highest BCUT2D eigenvalue weighted by atomic mass is 16.6. The van der Waals surface area contributed by atoms with E-state index in [1.54, 1.807) is 11.9 Å². The molecular formula is C13H30N3O2+. The zero-order chi connectivity index (χ0) is 14.1. The molecule has 0 aliphatic carbocycles. The van der Waals surface area contributed by atoms with Crippen molar-refractivity contribution >= 4 is 6.09 Å². The summed E-state index contributed by atoms with van der Waals surface area (Å²) in [5.74, 6) is 0. The summed E-state index contributed by atoms with van der Waals surface area (Å²) in [6, 6.07) is 0.109. The lowest BCUT2D eigenvalue weighted by Gasteiger charge is -2.23. The molecule has 5 nitrogen and oxygen atoms in total. The molecule has 108 valence electrons. The molecule has 0 heterocycles. The number of hydrogen-bond acceptors (Lipinski definition) is 3. The topological polar surface area (TPSA) is 60.4 Å². The molecule has 0 radical (unpaired) electrons. The highest BCUT2D eigenvalue weighted by Gasteiger charge is 2.18. The van der Waals surface area contributed by atoms with Gasteiger partial charge in [-0.1, -0.05) is 13.8 Å². The minimum absolute atomic E-state index is 0.109. The summed E-state index contributed by atoms with van der Waals surface area (Å²) in [6.45, 7) is 12.0. The lowest BCUT2D eigenvalue weighted by atomic mass is 10.2. The average Bonchev–Trinajstić information content (AvgIpc) is 2.34. The third-order valence-corrected chi connectivity index (χ3v) is 3.26. The van der Waals surface area contributed by atoms with Gasteiger partial charge in [-0.05, 0) is 39.9 Å². The van der Waals surface area contributed by atoms with Crippen LogP contribution in [0.5, 0.6) is 0 Å². The van der Waals surface area contributed by atoms with E-state index in [2.05, 4.69) is 24.5 Å². The fourth-order valence-corrected chi connectivity index (χ4v) is 1.53. The van der Waals surface area contributed by atoms with Gasteiger partial charge in [-0.15, -0.1) is 0 Å². The van der Waals surface area contributed by atoms with Crippen molar-refractivity contribution in [1.82, 2.24) is 9.80 Å². The summed E-state index contributed by atoms with van der Waals surface area (Å²) in [7, 11) is 1.78. The second-order valence-corrected chi connectivity index (χ2v) is 4.87. The van der Waals surface area contributed by atoms with E-state index in [9.17, 15) is 4.79 Å². The van der Waals surface area contributed by atoms with Crippen LogP contribution in [0.25, 0.3) is 0 Å². The molecule has 0 aliphatic rings. The van der Waals surface area contributed by atoms with E-state index < -0.39 is 0 Å². The molecule has 0 saturated heterocycles. The molecule has 0 spiro atoms. The molecule has 0 aliphatic heterocycles. The number of carbonyl (C=O) groups is 1. The standard InChI is InChI=1S/C13H29N3O2/c1-6-16(7-2)10-8-9-15(5)13(17)18-12(4)11(3)14/h11-12H,6-10,14H2,1-5H3/p+1. The third-order valence-electron chi connectivity index (χ3n) is 3.26. The van der Waals surface area contributed by atoms with Crippen LogP contribution in [0.4, 0.5) is 4.79 Å². The van der Waals surface area contributed by atoms with Crippen LogP contribution in [0.3, 0.4) is 0 Å². The minimum Gasteiger partial charge on any atom is -0.440 e. The van der Waals surface area contributed by atoms with Crippen molar-refractivity contribution < 1.29 is 15.3 Å². The number of ether oxygens (including phenoxy) is 1. The Kier molecular flexibility index (Phi) is 8.75.